The molecule has 3 rings (SSSR count). The molecule has 1 aromatic rings. The highest BCUT2D eigenvalue weighted by Gasteiger charge is 2.49. The van der Waals surface area contributed by atoms with Crippen LogP contribution in [0.3, 0.4) is 0 Å². The van der Waals surface area contributed by atoms with Crippen LogP contribution >= 0.6 is 0 Å². The molecule has 4 heteroatoms. The number of aliphatic carboxylic acids is 1. The van der Waals surface area contributed by atoms with Crippen molar-refractivity contribution in [3.05, 3.63) is 17.5 Å². The Bertz CT molecular complexity index is 428. The summed E-state index contributed by atoms with van der Waals surface area (Å²) in [5.74, 6) is 0.580. The summed E-state index contributed by atoms with van der Waals surface area (Å²) in [4.78, 5) is 10.8. The normalized spacial score (nSPS) is 22.8. The van der Waals surface area contributed by atoms with Crippen molar-refractivity contribution in [1.82, 2.24) is 5.16 Å². The summed E-state index contributed by atoms with van der Waals surface area (Å²) < 4.78 is 5.39. The van der Waals surface area contributed by atoms with E-state index in [1.807, 2.05) is 6.07 Å². The molecule has 1 heterocycles. The second-order valence-electron chi connectivity index (χ2n) is 5.45. The number of carboxylic acids is 1. The second-order valence-corrected chi connectivity index (χ2v) is 5.45. The number of carbonyl (C=O) groups is 1. The highest BCUT2D eigenvalue weighted by Crippen LogP contribution is 2.51. The Labute approximate surface area is 100.0 Å². The van der Waals surface area contributed by atoms with Crippen molar-refractivity contribution in [3.8, 4) is 0 Å². The smallest absolute Gasteiger partial charge is 0.304 e. The predicted molar refractivity (Wildman–Crippen MR) is 60.9 cm³/mol. The largest absolute Gasteiger partial charge is 0.481 e. The molecule has 0 radical (unpaired) electrons. The minimum Gasteiger partial charge on any atom is -0.481 e. The van der Waals surface area contributed by atoms with Crippen LogP contribution in [0.1, 0.15) is 62.3 Å². The van der Waals surface area contributed by atoms with Crippen LogP contribution in [0, 0.1) is 0 Å². The van der Waals surface area contributed by atoms with Crippen LogP contribution in [0.4, 0.5) is 0 Å². The summed E-state index contributed by atoms with van der Waals surface area (Å²) in [5, 5.41) is 13.1. The predicted octanol–water partition coefficient (Wildman–Crippen LogP) is 2.84. The van der Waals surface area contributed by atoms with Gasteiger partial charge in [-0.05, 0) is 25.7 Å². The summed E-state index contributed by atoms with van der Waals surface area (Å²) in [7, 11) is 0. The third-order valence-corrected chi connectivity index (χ3v) is 4.17. The van der Waals surface area contributed by atoms with Gasteiger partial charge in [0.2, 0.25) is 0 Å². The fraction of sp³-hybridized carbons (Fsp3) is 0.692. The van der Waals surface area contributed by atoms with E-state index >= 15 is 0 Å². The molecule has 0 bridgehead atoms. The molecule has 1 aromatic heterocycles. The Morgan fingerprint density at radius 2 is 2.18 bits per heavy atom. The van der Waals surface area contributed by atoms with E-state index in [1.165, 1.54) is 25.7 Å². The monoisotopic (exact) mass is 235 g/mol. The molecular formula is C13H17NO3. The first-order valence-electron chi connectivity index (χ1n) is 6.38. The molecule has 2 aliphatic rings. The molecule has 4 nitrogen and oxygen atoms in total. The summed E-state index contributed by atoms with van der Waals surface area (Å²) in [6.07, 6.45) is 6.93. The van der Waals surface area contributed by atoms with E-state index in [1.54, 1.807) is 0 Å². The number of hydrogen-bond donors (Lipinski definition) is 1. The first kappa shape index (κ1) is 10.8. The summed E-state index contributed by atoms with van der Waals surface area (Å²) in [6.45, 7) is 0. The maximum atomic E-state index is 10.8. The van der Waals surface area contributed by atoms with Gasteiger partial charge >= 0.3 is 5.97 Å². The highest BCUT2D eigenvalue weighted by molar-refractivity contribution is 5.69. The van der Waals surface area contributed by atoms with Gasteiger partial charge in [-0.2, -0.15) is 0 Å². The lowest BCUT2D eigenvalue weighted by Crippen LogP contribution is -2.11. The van der Waals surface area contributed by atoms with Crippen LogP contribution in [0.15, 0.2) is 10.6 Å². The number of aromatic nitrogens is 1. The average molecular weight is 235 g/mol. The van der Waals surface area contributed by atoms with Gasteiger partial charge in [0.25, 0.3) is 0 Å². The molecule has 2 saturated carbocycles. The first-order chi connectivity index (χ1) is 8.20. The van der Waals surface area contributed by atoms with Gasteiger partial charge in [0.15, 0.2) is 0 Å². The van der Waals surface area contributed by atoms with Gasteiger partial charge in [-0.15, -0.1) is 0 Å². The Morgan fingerprint density at radius 3 is 2.76 bits per heavy atom. The Balaban J connectivity index is 1.78. The molecule has 17 heavy (non-hydrogen) atoms. The SMILES string of the molecule is O=C(O)CC1(c2cc(C3CCCC3)no2)CC1. The summed E-state index contributed by atoms with van der Waals surface area (Å²) >= 11 is 0. The molecular weight excluding hydrogens is 218 g/mol. The number of hydrogen-bond acceptors (Lipinski definition) is 3. The van der Waals surface area contributed by atoms with Gasteiger partial charge in [0, 0.05) is 17.4 Å². The number of nitrogens with zero attached hydrogens (tertiary/aromatic N) is 1. The van der Waals surface area contributed by atoms with Crippen molar-refractivity contribution in [2.75, 3.05) is 0 Å². The molecule has 0 aromatic carbocycles. The maximum absolute atomic E-state index is 10.8. The average Bonchev–Trinajstić information content (AvgIpc) is 2.77. The van der Waals surface area contributed by atoms with Crippen LogP contribution in [0.25, 0.3) is 0 Å². The van der Waals surface area contributed by atoms with Gasteiger partial charge in [-0.25, -0.2) is 0 Å². The lowest BCUT2D eigenvalue weighted by Gasteiger charge is -2.06. The third kappa shape index (κ3) is 1.96. The lowest BCUT2D eigenvalue weighted by molar-refractivity contribution is -0.137. The van der Waals surface area contributed by atoms with Crippen molar-refractivity contribution < 1.29 is 14.4 Å². The van der Waals surface area contributed by atoms with Crippen molar-refractivity contribution in [1.29, 1.82) is 0 Å². The zero-order valence-electron chi connectivity index (χ0n) is 9.82. The van der Waals surface area contributed by atoms with Crippen LogP contribution in [0.2, 0.25) is 0 Å². The maximum Gasteiger partial charge on any atom is 0.304 e. The molecule has 0 spiro atoms. The van der Waals surface area contributed by atoms with Crippen LogP contribution in [-0.2, 0) is 10.2 Å². The lowest BCUT2D eigenvalue weighted by atomic mass is 9.97. The molecule has 2 fully saturated rings. The molecule has 0 unspecified atom stereocenters. The molecule has 0 atom stereocenters. The molecule has 92 valence electrons. The zero-order valence-corrected chi connectivity index (χ0v) is 9.82. The van der Waals surface area contributed by atoms with E-state index in [0.717, 1.165) is 24.3 Å². The standard InChI is InChI=1S/C13H17NO3/c15-12(16)8-13(5-6-13)11-7-10(14-17-11)9-3-1-2-4-9/h7,9H,1-6,8H2,(H,15,16). The molecule has 0 aliphatic heterocycles. The van der Waals surface area contributed by atoms with Gasteiger partial charge in [-0.1, -0.05) is 18.0 Å². The van der Waals surface area contributed by atoms with E-state index in [-0.39, 0.29) is 11.8 Å². The molecule has 0 amide bonds. The Hall–Kier alpha value is -1.32. The van der Waals surface area contributed by atoms with Crippen molar-refractivity contribution in [3.63, 3.8) is 0 Å². The van der Waals surface area contributed by atoms with Gasteiger partial charge in [0.05, 0.1) is 12.1 Å². The van der Waals surface area contributed by atoms with Crippen molar-refractivity contribution >= 4 is 5.97 Å². The minimum absolute atomic E-state index is 0.173. The van der Waals surface area contributed by atoms with Crippen LogP contribution in [0.5, 0.6) is 0 Å². The number of rotatable bonds is 4. The van der Waals surface area contributed by atoms with E-state index in [4.69, 9.17) is 9.63 Å². The van der Waals surface area contributed by atoms with Gasteiger partial charge in [-0.3, -0.25) is 4.79 Å². The second kappa shape index (κ2) is 3.86. The van der Waals surface area contributed by atoms with Gasteiger partial charge < -0.3 is 9.63 Å². The first-order valence-corrected chi connectivity index (χ1v) is 6.38. The minimum atomic E-state index is -0.749. The summed E-state index contributed by atoms with van der Waals surface area (Å²) in [6, 6.07) is 2.01. The van der Waals surface area contributed by atoms with Crippen LogP contribution < -0.4 is 0 Å². The molecule has 0 saturated heterocycles. The highest BCUT2D eigenvalue weighted by atomic mass is 16.5. The van der Waals surface area contributed by atoms with E-state index in [9.17, 15) is 4.79 Å². The topological polar surface area (TPSA) is 63.3 Å². The van der Waals surface area contributed by atoms with E-state index < -0.39 is 5.97 Å². The number of carboxylic acid groups (broad SMARTS) is 1. The fourth-order valence-electron chi connectivity index (χ4n) is 2.90. The van der Waals surface area contributed by atoms with Crippen molar-refractivity contribution in [2.45, 2.75) is 56.3 Å². The van der Waals surface area contributed by atoms with Gasteiger partial charge in [0.1, 0.15) is 5.76 Å². The quantitative estimate of drug-likeness (QED) is 0.871. The third-order valence-electron chi connectivity index (χ3n) is 4.17. The fourth-order valence-corrected chi connectivity index (χ4v) is 2.90. The summed E-state index contributed by atoms with van der Waals surface area (Å²) in [5.41, 5.74) is 0.796. The van der Waals surface area contributed by atoms with E-state index in [2.05, 4.69) is 5.16 Å². The van der Waals surface area contributed by atoms with E-state index in [0.29, 0.717) is 5.92 Å². The molecule has 2 aliphatic carbocycles. The van der Waals surface area contributed by atoms with Crippen molar-refractivity contribution in [2.24, 2.45) is 0 Å². The Kier molecular flexibility index (Phi) is 2.45. The Morgan fingerprint density at radius 1 is 1.47 bits per heavy atom. The van der Waals surface area contributed by atoms with Crippen LogP contribution in [-0.4, -0.2) is 16.2 Å². The molecule has 1 N–H and O–H groups in total. The zero-order chi connectivity index (χ0) is 11.9.